The summed E-state index contributed by atoms with van der Waals surface area (Å²) in [4.78, 5) is 13.9. The molecule has 7 heteroatoms. The predicted molar refractivity (Wildman–Crippen MR) is 104 cm³/mol. The third kappa shape index (κ3) is 3.83. The van der Waals surface area contributed by atoms with Crippen LogP contribution in [0.25, 0.3) is 5.70 Å². The first-order valence-electron chi connectivity index (χ1n) is 8.25. The fraction of sp³-hybridized carbons (Fsp3) is 0.250. The second-order valence-electron chi connectivity index (χ2n) is 5.69. The molecule has 0 saturated heterocycles. The van der Waals surface area contributed by atoms with E-state index in [9.17, 15) is 4.79 Å². The fourth-order valence-corrected chi connectivity index (χ4v) is 3.89. The minimum Gasteiger partial charge on any atom is -0.497 e. The molecule has 2 aromatic carbocycles. The number of esters is 1. The summed E-state index contributed by atoms with van der Waals surface area (Å²) in [6, 6.07) is 11.3. The van der Waals surface area contributed by atoms with E-state index in [0.717, 1.165) is 21.8 Å². The summed E-state index contributed by atoms with van der Waals surface area (Å²) in [6.45, 7) is 0.532. The van der Waals surface area contributed by atoms with Gasteiger partial charge >= 0.3 is 5.97 Å². The fourth-order valence-electron chi connectivity index (χ4n) is 2.79. The predicted octanol–water partition coefficient (Wildman–Crippen LogP) is 3.45. The summed E-state index contributed by atoms with van der Waals surface area (Å²) in [7, 11) is 6.18. The zero-order chi connectivity index (χ0) is 19.4. The van der Waals surface area contributed by atoms with Crippen molar-refractivity contribution in [1.29, 1.82) is 0 Å². The third-order valence-electron chi connectivity index (χ3n) is 4.21. The van der Waals surface area contributed by atoms with Crippen molar-refractivity contribution in [1.82, 2.24) is 5.32 Å². The van der Waals surface area contributed by atoms with Crippen molar-refractivity contribution >= 4 is 23.4 Å². The van der Waals surface area contributed by atoms with E-state index in [1.807, 2.05) is 36.4 Å². The zero-order valence-electron chi connectivity index (χ0n) is 15.6. The maximum atomic E-state index is 12.5. The summed E-state index contributed by atoms with van der Waals surface area (Å²) in [5, 5.41) is 3.37. The molecule has 6 nitrogen and oxygen atoms in total. The van der Waals surface area contributed by atoms with E-state index in [4.69, 9.17) is 18.9 Å². The Kier molecular flexibility index (Phi) is 5.81. The Morgan fingerprint density at radius 2 is 1.63 bits per heavy atom. The monoisotopic (exact) mass is 387 g/mol. The molecule has 0 aliphatic carbocycles. The van der Waals surface area contributed by atoms with E-state index in [-0.39, 0.29) is 0 Å². The number of carbonyl (C=O) groups is 1. The number of methoxy groups -OCH3 is 4. The lowest BCUT2D eigenvalue weighted by molar-refractivity contribution is -0.135. The van der Waals surface area contributed by atoms with Crippen LogP contribution in [0.5, 0.6) is 17.2 Å². The summed E-state index contributed by atoms with van der Waals surface area (Å²) in [5.74, 6) is 1.60. The SMILES string of the molecule is COC(=O)C1=C(c2ccc(OC)cc2)NCc2cc(OC)c(OC)cc2S1. The van der Waals surface area contributed by atoms with Crippen LogP contribution in [0, 0.1) is 0 Å². The highest BCUT2D eigenvalue weighted by atomic mass is 32.2. The summed E-state index contributed by atoms with van der Waals surface area (Å²) >= 11 is 1.35. The van der Waals surface area contributed by atoms with Crippen LogP contribution in [0.2, 0.25) is 0 Å². The van der Waals surface area contributed by atoms with Crippen molar-refractivity contribution in [3.05, 3.63) is 52.4 Å². The van der Waals surface area contributed by atoms with Crippen LogP contribution in [-0.2, 0) is 16.1 Å². The minimum atomic E-state index is -0.402. The average Bonchev–Trinajstić information content (AvgIpc) is 2.91. The lowest BCUT2D eigenvalue weighted by Crippen LogP contribution is -2.15. The molecule has 0 unspecified atom stereocenters. The highest BCUT2D eigenvalue weighted by Crippen LogP contribution is 2.42. The molecule has 0 spiro atoms. The molecular weight excluding hydrogens is 366 g/mol. The molecule has 2 aromatic rings. The first-order valence-corrected chi connectivity index (χ1v) is 9.06. The molecule has 1 aliphatic rings. The highest BCUT2D eigenvalue weighted by molar-refractivity contribution is 8.04. The maximum absolute atomic E-state index is 12.5. The number of hydrogen-bond donors (Lipinski definition) is 1. The molecule has 0 amide bonds. The van der Waals surface area contributed by atoms with Gasteiger partial charge in [0.25, 0.3) is 0 Å². The van der Waals surface area contributed by atoms with Crippen molar-refractivity contribution in [2.24, 2.45) is 0 Å². The van der Waals surface area contributed by atoms with Crippen molar-refractivity contribution in [2.45, 2.75) is 11.4 Å². The van der Waals surface area contributed by atoms with Gasteiger partial charge in [0, 0.05) is 11.4 Å². The van der Waals surface area contributed by atoms with Gasteiger partial charge in [0.1, 0.15) is 10.7 Å². The van der Waals surface area contributed by atoms with Gasteiger partial charge in [0.05, 0.1) is 34.1 Å². The second-order valence-corrected chi connectivity index (χ2v) is 6.75. The molecule has 1 heterocycles. The molecule has 1 N–H and O–H groups in total. The van der Waals surface area contributed by atoms with Gasteiger partial charge in [-0.15, -0.1) is 0 Å². The molecule has 0 saturated carbocycles. The van der Waals surface area contributed by atoms with Crippen molar-refractivity contribution in [3.8, 4) is 17.2 Å². The summed E-state index contributed by atoms with van der Waals surface area (Å²) in [5.41, 5.74) is 2.58. The molecule has 0 radical (unpaired) electrons. The Morgan fingerprint density at radius 1 is 0.963 bits per heavy atom. The van der Waals surface area contributed by atoms with Crippen LogP contribution in [0.4, 0.5) is 0 Å². The van der Waals surface area contributed by atoms with Crippen LogP contribution in [0.1, 0.15) is 11.1 Å². The van der Waals surface area contributed by atoms with Gasteiger partial charge < -0.3 is 24.3 Å². The molecule has 27 heavy (non-hydrogen) atoms. The molecule has 3 rings (SSSR count). The van der Waals surface area contributed by atoms with Crippen LogP contribution in [0.3, 0.4) is 0 Å². The zero-order valence-corrected chi connectivity index (χ0v) is 16.4. The van der Waals surface area contributed by atoms with Crippen molar-refractivity contribution < 1.29 is 23.7 Å². The second kappa shape index (κ2) is 8.26. The van der Waals surface area contributed by atoms with Gasteiger partial charge in [-0.3, -0.25) is 0 Å². The molecule has 0 atom stereocenters. The van der Waals surface area contributed by atoms with Crippen LogP contribution >= 0.6 is 11.8 Å². The molecule has 142 valence electrons. The standard InChI is InChI=1S/C20H21NO5S/c1-23-14-7-5-12(6-8-14)18-19(20(22)26-4)27-17-10-16(25-3)15(24-2)9-13(17)11-21-18/h5-10,21H,11H2,1-4H3. The number of ether oxygens (including phenoxy) is 4. The number of benzene rings is 2. The topological polar surface area (TPSA) is 66.0 Å². The van der Waals surface area contributed by atoms with Gasteiger partial charge in [0.15, 0.2) is 11.5 Å². The van der Waals surface area contributed by atoms with Gasteiger partial charge in [-0.2, -0.15) is 0 Å². The van der Waals surface area contributed by atoms with Crippen molar-refractivity contribution in [3.63, 3.8) is 0 Å². The Bertz CT molecular complexity index is 877. The average molecular weight is 387 g/mol. The minimum absolute atomic E-state index is 0.402. The van der Waals surface area contributed by atoms with Gasteiger partial charge in [-0.1, -0.05) is 11.8 Å². The lowest BCUT2D eigenvalue weighted by Gasteiger charge is -2.13. The van der Waals surface area contributed by atoms with E-state index >= 15 is 0 Å². The number of hydrogen-bond acceptors (Lipinski definition) is 7. The Labute approximate surface area is 162 Å². The quantitative estimate of drug-likeness (QED) is 0.788. The maximum Gasteiger partial charge on any atom is 0.346 e. The first kappa shape index (κ1) is 19.0. The Balaban J connectivity index is 2.08. The summed E-state index contributed by atoms with van der Waals surface area (Å²) < 4.78 is 21.0. The van der Waals surface area contributed by atoms with Crippen LogP contribution in [0.15, 0.2) is 46.2 Å². The van der Waals surface area contributed by atoms with Crippen LogP contribution in [-0.4, -0.2) is 34.4 Å². The van der Waals surface area contributed by atoms with Crippen molar-refractivity contribution in [2.75, 3.05) is 28.4 Å². The number of fused-ring (bicyclic) bond motifs is 1. The first-order chi connectivity index (χ1) is 13.1. The lowest BCUT2D eigenvalue weighted by atomic mass is 10.1. The third-order valence-corrected chi connectivity index (χ3v) is 5.39. The molecule has 0 fully saturated rings. The largest absolute Gasteiger partial charge is 0.497 e. The van der Waals surface area contributed by atoms with E-state index in [1.165, 1.54) is 18.9 Å². The number of thioether (sulfide) groups is 1. The van der Waals surface area contributed by atoms with Gasteiger partial charge in [-0.05, 0) is 47.5 Å². The molecular formula is C20H21NO5S. The summed E-state index contributed by atoms with van der Waals surface area (Å²) in [6.07, 6.45) is 0. The number of carbonyl (C=O) groups excluding carboxylic acids is 1. The molecule has 0 bridgehead atoms. The number of nitrogens with one attached hydrogen (secondary N) is 1. The normalized spacial score (nSPS) is 13.2. The smallest absolute Gasteiger partial charge is 0.346 e. The van der Waals surface area contributed by atoms with E-state index in [1.54, 1.807) is 21.3 Å². The van der Waals surface area contributed by atoms with Gasteiger partial charge in [0.2, 0.25) is 0 Å². The van der Waals surface area contributed by atoms with E-state index in [0.29, 0.717) is 28.6 Å². The highest BCUT2D eigenvalue weighted by Gasteiger charge is 2.25. The Morgan fingerprint density at radius 3 is 2.22 bits per heavy atom. The van der Waals surface area contributed by atoms with E-state index < -0.39 is 5.97 Å². The van der Waals surface area contributed by atoms with E-state index in [2.05, 4.69) is 5.32 Å². The Hall–Kier alpha value is -2.80. The molecule has 1 aliphatic heterocycles. The van der Waals surface area contributed by atoms with Crippen LogP contribution < -0.4 is 19.5 Å². The number of rotatable bonds is 5. The molecule has 0 aromatic heterocycles. The van der Waals surface area contributed by atoms with Gasteiger partial charge in [-0.25, -0.2) is 4.79 Å².